The number of methoxy groups -OCH3 is 1. The molecule has 2 amide bonds. The topological polar surface area (TPSA) is 76.7 Å². The maximum atomic E-state index is 13.5. The van der Waals surface area contributed by atoms with Crippen molar-refractivity contribution in [2.45, 2.75) is 0 Å². The molecule has 0 aliphatic rings. The molecule has 0 saturated heterocycles. The zero-order valence-electron chi connectivity index (χ0n) is 8.33. The van der Waals surface area contributed by atoms with E-state index >= 15 is 0 Å². The molecular formula is C9H9FIN3O2. The van der Waals surface area contributed by atoms with Crippen LogP contribution in [0.15, 0.2) is 17.2 Å². The Hall–Kier alpha value is -1.38. The first-order chi connectivity index (χ1) is 7.56. The van der Waals surface area contributed by atoms with E-state index in [4.69, 9.17) is 10.5 Å². The van der Waals surface area contributed by atoms with Crippen molar-refractivity contribution in [3.8, 4) is 5.75 Å². The first kappa shape index (κ1) is 12.7. The summed E-state index contributed by atoms with van der Waals surface area (Å²) in [6.45, 7) is 0. The summed E-state index contributed by atoms with van der Waals surface area (Å²) >= 11 is 1.85. The highest BCUT2D eigenvalue weighted by Crippen LogP contribution is 2.25. The molecule has 0 aliphatic heterocycles. The van der Waals surface area contributed by atoms with Gasteiger partial charge in [-0.05, 0) is 34.7 Å². The van der Waals surface area contributed by atoms with Crippen molar-refractivity contribution in [1.29, 1.82) is 0 Å². The summed E-state index contributed by atoms with van der Waals surface area (Å²) in [5.41, 5.74) is 7.23. The second kappa shape index (κ2) is 5.64. The fourth-order valence-electron chi connectivity index (χ4n) is 1.02. The van der Waals surface area contributed by atoms with Gasteiger partial charge < -0.3 is 10.5 Å². The summed E-state index contributed by atoms with van der Waals surface area (Å²) in [5.74, 6) is -0.395. The third-order valence-corrected chi connectivity index (χ3v) is 2.50. The molecule has 0 bridgehead atoms. The van der Waals surface area contributed by atoms with Crippen molar-refractivity contribution in [1.82, 2.24) is 5.43 Å². The number of benzene rings is 1. The number of ether oxygens (including phenoxy) is 1. The van der Waals surface area contributed by atoms with Crippen LogP contribution in [-0.4, -0.2) is 19.4 Å². The smallest absolute Gasteiger partial charge is 0.332 e. The van der Waals surface area contributed by atoms with Gasteiger partial charge in [-0.3, -0.25) is 0 Å². The maximum absolute atomic E-state index is 13.5. The van der Waals surface area contributed by atoms with Crippen LogP contribution in [0, 0.1) is 9.39 Å². The molecule has 1 aromatic carbocycles. The van der Waals surface area contributed by atoms with Crippen molar-refractivity contribution in [2.24, 2.45) is 10.8 Å². The van der Waals surface area contributed by atoms with Gasteiger partial charge in [0.2, 0.25) is 0 Å². The average Bonchev–Trinajstić information content (AvgIpc) is 2.23. The van der Waals surface area contributed by atoms with Crippen LogP contribution in [-0.2, 0) is 0 Å². The van der Waals surface area contributed by atoms with Crippen molar-refractivity contribution in [3.05, 3.63) is 27.1 Å². The number of primary amides is 1. The van der Waals surface area contributed by atoms with E-state index in [0.29, 0.717) is 9.13 Å². The Kier molecular flexibility index (Phi) is 4.47. The fourth-order valence-corrected chi connectivity index (χ4v) is 1.45. The summed E-state index contributed by atoms with van der Waals surface area (Å²) in [6.07, 6.45) is 1.25. The predicted molar refractivity (Wildman–Crippen MR) is 66.0 cm³/mol. The first-order valence-corrected chi connectivity index (χ1v) is 5.24. The number of urea groups is 1. The maximum Gasteiger partial charge on any atom is 0.332 e. The minimum atomic E-state index is -0.791. The van der Waals surface area contributed by atoms with E-state index in [0.717, 1.165) is 0 Å². The molecule has 1 aromatic rings. The van der Waals surface area contributed by atoms with E-state index in [9.17, 15) is 9.18 Å². The van der Waals surface area contributed by atoms with Crippen LogP contribution in [0.1, 0.15) is 5.56 Å². The second-order valence-corrected chi connectivity index (χ2v) is 3.88. The van der Waals surface area contributed by atoms with Crippen LogP contribution in [0.3, 0.4) is 0 Å². The fraction of sp³-hybridized carbons (Fsp3) is 0.111. The van der Waals surface area contributed by atoms with E-state index in [2.05, 4.69) is 5.10 Å². The van der Waals surface area contributed by atoms with Crippen LogP contribution in [0.2, 0.25) is 0 Å². The molecule has 7 heteroatoms. The average molecular weight is 337 g/mol. The number of hydrogen-bond acceptors (Lipinski definition) is 3. The quantitative estimate of drug-likeness (QED) is 0.498. The van der Waals surface area contributed by atoms with E-state index in [-0.39, 0.29) is 5.75 Å². The van der Waals surface area contributed by atoms with Gasteiger partial charge in [-0.25, -0.2) is 14.6 Å². The van der Waals surface area contributed by atoms with Crippen LogP contribution in [0.5, 0.6) is 5.75 Å². The molecule has 0 saturated carbocycles. The van der Waals surface area contributed by atoms with Crippen molar-refractivity contribution in [2.75, 3.05) is 7.11 Å². The van der Waals surface area contributed by atoms with Crippen molar-refractivity contribution >= 4 is 34.8 Å². The Labute approximate surface area is 105 Å². The highest BCUT2D eigenvalue weighted by atomic mass is 127. The molecule has 5 nitrogen and oxygen atoms in total. The number of nitrogens with one attached hydrogen (secondary N) is 1. The third kappa shape index (κ3) is 3.05. The Morgan fingerprint density at radius 3 is 2.94 bits per heavy atom. The number of hydrazone groups is 1. The number of hydrogen-bond donors (Lipinski definition) is 2. The highest BCUT2D eigenvalue weighted by molar-refractivity contribution is 14.1. The number of carbonyl (C=O) groups excluding carboxylic acids is 1. The van der Waals surface area contributed by atoms with Gasteiger partial charge in [-0.1, -0.05) is 0 Å². The number of nitrogens with two attached hydrogens (primary N) is 1. The molecular weight excluding hydrogens is 328 g/mol. The molecule has 0 aliphatic carbocycles. The van der Waals surface area contributed by atoms with E-state index in [1.54, 1.807) is 12.1 Å². The van der Waals surface area contributed by atoms with Crippen molar-refractivity contribution in [3.63, 3.8) is 0 Å². The molecule has 86 valence electrons. The van der Waals surface area contributed by atoms with E-state index in [1.807, 2.05) is 28.0 Å². The summed E-state index contributed by atoms with van der Waals surface area (Å²) < 4.78 is 18.9. The number of carbonyl (C=O) groups is 1. The predicted octanol–water partition coefficient (Wildman–Crippen LogP) is 1.44. The van der Waals surface area contributed by atoms with Gasteiger partial charge in [0, 0.05) is 5.56 Å². The Balaban J connectivity index is 3.00. The summed E-state index contributed by atoms with van der Waals surface area (Å²) in [7, 11) is 1.35. The molecule has 3 N–H and O–H groups in total. The molecule has 0 radical (unpaired) electrons. The molecule has 0 spiro atoms. The zero-order valence-corrected chi connectivity index (χ0v) is 10.5. The number of amides is 2. The first-order valence-electron chi connectivity index (χ1n) is 4.16. The van der Waals surface area contributed by atoms with Crippen LogP contribution >= 0.6 is 22.6 Å². The van der Waals surface area contributed by atoms with E-state index in [1.165, 1.54) is 13.3 Å². The van der Waals surface area contributed by atoms with Crippen LogP contribution < -0.4 is 15.9 Å². The molecule has 0 aromatic heterocycles. The highest BCUT2D eigenvalue weighted by Gasteiger charge is 2.10. The van der Waals surface area contributed by atoms with Gasteiger partial charge >= 0.3 is 6.03 Å². The van der Waals surface area contributed by atoms with Crippen LogP contribution in [0.4, 0.5) is 9.18 Å². The van der Waals surface area contributed by atoms with Gasteiger partial charge in [0.05, 0.1) is 16.9 Å². The van der Waals surface area contributed by atoms with Gasteiger partial charge in [0.1, 0.15) is 0 Å². The largest absolute Gasteiger partial charge is 0.493 e. The number of halogens is 2. The molecule has 0 fully saturated rings. The normalized spacial score (nSPS) is 10.4. The Morgan fingerprint density at radius 1 is 1.69 bits per heavy atom. The SMILES string of the molecule is COc1c(C=NNC(N)=O)ccc(I)c1F. The van der Waals surface area contributed by atoms with Gasteiger partial charge in [-0.15, -0.1) is 0 Å². The minimum absolute atomic E-state index is 0.0712. The lowest BCUT2D eigenvalue weighted by atomic mass is 10.2. The molecule has 0 unspecified atom stereocenters. The molecule has 0 heterocycles. The standard InChI is InChI=1S/C9H9FIN3O2/c1-16-8-5(4-13-14-9(12)15)2-3-6(11)7(8)10/h2-4H,1H3,(H3,12,14,15). The van der Waals surface area contributed by atoms with Crippen molar-refractivity contribution < 1.29 is 13.9 Å². The van der Waals surface area contributed by atoms with Crippen LogP contribution in [0.25, 0.3) is 0 Å². The lowest BCUT2D eigenvalue weighted by Gasteiger charge is -2.06. The lowest BCUT2D eigenvalue weighted by Crippen LogP contribution is -2.24. The zero-order chi connectivity index (χ0) is 12.1. The van der Waals surface area contributed by atoms with Gasteiger partial charge in [-0.2, -0.15) is 5.10 Å². The Morgan fingerprint density at radius 2 is 2.38 bits per heavy atom. The lowest BCUT2D eigenvalue weighted by molar-refractivity contribution is 0.249. The number of rotatable bonds is 3. The van der Waals surface area contributed by atoms with E-state index < -0.39 is 11.8 Å². The molecule has 1 rings (SSSR count). The number of nitrogens with zero attached hydrogens (tertiary/aromatic N) is 1. The second-order valence-electron chi connectivity index (χ2n) is 2.72. The Bertz CT molecular complexity index is 437. The van der Waals surface area contributed by atoms with Gasteiger partial charge in [0.15, 0.2) is 11.6 Å². The summed E-state index contributed by atoms with van der Waals surface area (Å²) in [6, 6.07) is 2.40. The summed E-state index contributed by atoms with van der Waals surface area (Å²) in [5, 5.41) is 3.52. The third-order valence-electron chi connectivity index (χ3n) is 1.66. The summed E-state index contributed by atoms with van der Waals surface area (Å²) in [4.78, 5) is 10.4. The minimum Gasteiger partial charge on any atom is -0.493 e. The molecule has 16 heavy (non-hydrogen) atoms. The monoisotopic (exact) mass is 337 g/mol. The molecule has 0 atom stereocenters. The van der Waals surface area contributed by atoms with Gasteiger partial charge in [0.25, 0.3) is 0 Å².